The van der Waals surface area contributed by atoms with Gasteiger partial charge in [-0.3, -0.25) is 4.79 Å². The predicted octanol–water partition coefficient (Wildman–Crippen LogP) is 2.38. The molecule has 2 saturated heterocycles. The highest BCUT2D eigenvalue weighted by molar-refractivity contribution is 5.88. The first-order valence-corrected chi connectivity index (χ1v) is 10.3. The number of aromatic nitrogens is 2. The molecule has 1 atom stereocenters. The van der Waals surface area contributed by atoms with Crippen molar-refractivity contribution in [2.45, 2.75) is 25.2 Å². The minimum Gasteiger partial charge on any atom is -0.347 e. The molecule has 0 radical (unpaired) electrons. The van der Waals surface area contributed by atoms with Gasteiger partial charge in [0.05, 0.1) is 11.1 Å². The van der Waals surface area contributed by atoms with Crippen LogP contribution in [0.2, 0.25) is 0 Å². The largest absolute Gasteiger partial charge is 0.347 e. The van der Waals surface area contributed by atoms with Gasteiger partial charge in [0, 0.05) is 57.8 Å². The maximum absolute atomic E-state index is 13.3. The van der Waals surface area contributed by atoms with E-state index in [1.165, 1.54) is 0 Å². The number of benzene rings is 1. The minimum atomic E-state index is -0.518. The summed E-state index contributed by atoms with van der Waals surface area (Å²) in [6.45, 7) is 7.60. The fraction of sp³-hybridized carbons (Fsp3) is 0.522. The Morgan fingerprint density at radius 2 is 1.83 bits per heavy atom. The molecule has 2 fully saturated rings. The van der Waals surface area contributed by atoms with E-state index in [4.69, 9.17) is 4.98 Å². The molecular weight excluding hydrogens is 362 g/mol. The van der Waals surface area contributed by atoms with E-state index in [0.29, 0.717) is 5.92 Å². The van der Waals surface area contributed by atoms with Crippen LogP contribution in [0.15, 0.2) is 42.6 Å². The molecule has 154 valence electrons. The second kappa shape index (κ2) is 7.10. The smallest absolute Gasteiger partial charge is 0.232 e. The normalized spacial score (nSPS) is 21.3. The van der Waals surface area contributed by atoms with E-state index in [1.54, 1.807) is 0 Å². The Labute approximate surface area is 173 Å². The Kier molecular flexibility index (Phi) is 4.85. The molecule has 1 aromatic carbocycles. The van der Waals surface area contributed by atoms with E-state index < -0.39 is 5.41 Å². The molecule has 1 aromatic heterocycles. The maximum atomic E-state index is 13.3. The molecule has 29 heavy (non-hydrogen) atoms. The lowest BCUT2D eigenvalue weighted by molar-refractivity contribution is -0.148. The van der Waals surface area contributed by atoms with Crippen molar-refractivity contribution < 1.29 is 4.79 Å². The van der Waals surface area contributed by atoms with E-state index in [9.17, 15) is 4.79 Å². The second-order valence-corrected chi connectivity index (χ2v) is 9.44. The highest BCUT2D eigenvalue weighted by Crippen LogP contribution is 2.49. The van der Waals surface area contributed by atoms with Gasteiger partial charge < -0.3 is 14.7 Å². The van der Waals surface area contributed by atoms with Crippen LogP contribution in [0.4, 0.5) is 5.95 Å². The van der Waals surface area contributed by atoms with Gasteiger partial charge in [-0.2, -0.15) is 0 Å². The van der Waals surface area contributed by atoms with Crippen LogP contribution in [0.3, 0.4) is 0 Å². The Bertz CT molecular complexity index is 889. The van der Waals surface area contributed by atoms with Gasteiger partial charge in [-0.25, -0.2) is 9.97 Å². The summed E-state index contributed by atoms with van der Waals surface area (Å²) in [5, 5.41) is 0. The Balaban J connectivity index is 1.54. The highest BCUT2D eigenvalue weighted by atomic mass is 16.2. The van der Waals surface area contributed by atoms with Crippen molar-refractivity contribution in [3.8, 4) is 0 Å². The number of hydrogen-bond donors (Lipinski definition) is 0. The zero-order valence-electron chi connectivity index (χ0n) is 18.1. The van der Waals surface area contributed by atoms with Gasteiger partial charge in [-0.1, -0.05) is 30.3 Å². The van der Waals surface area contributed by atoms with E-state index in [1.807, 2.05) is 80.3 Å². The molecule has 2 aromatic rings. The number of likely N-dealkylation sites (tertiary alicyclic amines) is 2. The summed E-state index contributed by atoms with van der Waals surface area (Å²) in [5.41, 5.74) is 1.71. The lowest BCUT2D eigenvalue weighted by Gasteiger charge is -2.52. The number of nitrogens with zero attached hydrogens (tertiary/aromatic N) is 5. The Morgan fingerprint density at radius 3 is 2.48 bits per heavy atom. The molecule has 1 unspecified atom stereocenters. The van der Waals surface area contributed by atoms with Gasteiger partial charge >= 0.3 is 0 Å². The maximum Gasteiger partial charge on any atom is 0.232 e. The zero-order valence-corrected chi connectivity index (χ0v) is 18.1. The number of likely N-dealkylation sites (N-methyl/N-ethyl adjacent to an activating group) is 1. The second-order valence-electron chi connectivity index (χ2n) is 9.44. The van der Waals surface area contributed by atoms with Crippen LogP contribution in [0.1, 0.15) is 31.0 Å². The lowest BCUT2D eigenvalue weighted by Crippen LogP contribution is -2.64. The zero-order chi connectivity index (χ0) is 20.8. The van der Waals surface area contributed by atoms with Gasteiger partial charge in [-0.05, 0) is 32.5 Å². The number of carbonyl (C=O) groups is 1. The average Bonchev–Trinajstić information content (AvgIpc) is 3.04. The molecule has 0 saturated carbocycles. The summed E-state index contributed by atoms with van der Waals surface area (Å²) in [5.74, 6) is 1.27. The SMILES string of the molecule is CN1CC(c2ccnc(N(C)C)n2)C2(C1)CN(C(=O)C(C)(C)c1ccccc1)C2. The Hall–Kier alpha value is -2.47. The van der Waals surface area contributed by atoms with Gasteiger partial charge in [0.25, 0.3) is 0 Å². The highest BCUT2D eigenvalue weighted by Gasteiger charge is 2.56. The van der Waals surface area contributed by atoms with Crippen LogP contribution in [0, 0.1) is 5.41 Å². The van der Waals surface area contributed by atoms with Crippen molar-refractivity contribution in [3.63, 3.8) is 0 Å². The van der Waals surface area contributed by atoms with Crippen LogP contribution < -0.4 is 4.90 Å². The molecule has 1 spiro atoms. The third-order valence-corrected chi connectivity index (χ3v) is 6.57. The Morgan fingerprint density at radius 1 is 1.14 bits per heavy atom. The quantitative estimate of drug-likeness (QED) is 0.798. The van der Waals surface area contributed by atoms with Crippen molar-refractivity contribution >= 4 is 11.9 Å². The summed E-state index contributed by atoms with van der Waals surface area (Å²) >= 11 is 0. The number of rotatable bonds is 4. The van der Waals surface area contributed by atoms with Gasteiger partial charge in [0.1, 0.15) is 0 Å². The molecule has 0 aliphatic carbocycles. The first-order chi connectivity index (χ1) is 13.7. The van der Waals surface area contributed by atoms with Crippen LogP contribution >= 0.6 is 0 Å². The number of hydrogen-bond acceptors (Lipinski definition) is 5. The minimum absolute atomic E-state index is 0.0785. The molecule has 2 aliphatic rings. The topological polar surface area (TPSA) is 52.6 Å². The first kappa shape index (κ1) is 19.8. The monoisotopic (exact) mass is 393 g/mol. The molecule has 0 bridgehead atoms. The summed E-state index contributed by atoms with van der Waals surface area (Å²) in [6, 6.07) is 12.1. The molecule has 6 heteroatoms. The fourth-order valence-electron chi connectivity index (χ4n) is 4.95. The summed E-state index contributed by atoms with van der Waals surface area (Å²) in [6.07, 6.45) is 1.85. The number of carbonyl (C=O) groups excluding carboxylic acids is 1. The summed E-state index contributed by atoms with van der Waals surface area (Å²) in [4.78, 5) is 28.9. The van der Waals surface area contributed by atoms with E-state index in [2.05, 4.69) is 16.9 Å². The molecule has 6 nitrogen and oxygen atoms in total. The third kappa shape index (κ3) is 3.39. The van der Waals surface area contributed by atoms with Crippen LogP contribution in [0.5, 0.6) is 0 Å². The summed E-state index contributed by atoms with van der Waals surface area (Å²) in [7, 11) is 6.09. The third-order valence-electron chi connectivity index (χ3n) is 6.57. The van der Waals surface area contributed by atoms with E-state index in [-0.39, 0.29) is 11.3 Å². The van der Waals surface area contributed by atoms with Crippen molar-refractivity contribution in [2.75, 3.05) is 52.2 Å². The molecule has 4 rings (SSSR count). The van der Waals surface area contributed by atoms with Crippen molar-refractivity contribution in [1.29, 1.82) is 0 Å². The number of anilines is 1. The molecule has 0 N–H and O–H groups in total. The van der Waals surface area contributed by atoms with Crippen molar-refractivity contribution in [2.24, 2.45) is 5.41 Å². The summed E-state index contributed by atoms with van der Waals surface area (Å²) < 4.78 is 0. The van der Waals surface area contributed by atoms with Crippen LogP contribution in [0.25, 0.3) is 0 Å². The van der Waals surface area contributed by atoms with Crippen molar-refractivity contribution in [3.05, 3.63) is 53.9 Å². The number of amides is 1. The lowest BCUT2D eigenvalue weighted by atomic mass is 9.69. The standard InChI is InChI=1S/C23H31N5O/c1-22(2,17-9-7-6-8-10-17)20(29)28-15-23(16-28)14-27(5)13-18(23)19-11-12-24-21(25-19)26(3)4/h6-12,18H,13-16H2,1-5H3. The molecule has 1 amide bonds. The van der Waals surface area contributed by atoms with Crippen LogP contribution in [-0.4, -0.2) is 73.0 Å². The van der Waals surface area contributed by atoms with Crippen molar-refractivity contribution in [1.82, 2.24) is 19.8 Å². The molecule has 2 aliphatic heterocycles. The van der Waals surface area contributed by atoms with Gasteiger partial charge in [-0.15, -0.1) is 0 Å². The van der Waals surface area contributed by atoms with Gasteiger partial charge in [0.2, 0.25) is 11.9 Å². The molecular formula is C23H31N5O. The van der Waals surface area contributed by atoms with Gasteiger partial charge in [0.15, 0.2) is 0 Å². The predicted molar refractivity (Wildman–Crippen MR) is 115 cm³/mol. The van der Waals surface area contributed by atoms with E-state index >= 15 is 0 Å². The van der Waals surface area contributed by atoms with Crippen LogP contribution in [-0.2, 0) is 10.2 Å². The fourth-order valence-corrected chi connectivity index (χ4v) is 4.95. The van der Waals surface area contributed by atoms with E-state index in [0.717, 1.165) is 43.4 Å². The first-order valence-electron chi connectivity index (χ1n) is 10.3. The molecule has 3 heterocycles. The average molecular weight is 394 g/mol.